The van der Waals surface area contributed by atoms with E-state index in [4.69, 9.17) is 0 Å². The highest BCUT2D eigenvalue weighted by Crippen LogP contribution is 2.50. The highest BCUT2D eigenvalue weighted by atomic mass is 15.2. The van der Waals surface area contributed by atoms with E-state index in [-0.39, 0.29) is 0 Å². The number of aryl methyl sites for hydroxylation is 2. The fraction of sp³-hybridized carbons (Fsp3) is 0.0213. The third-order valence-corrected chi connectivity index (χ3v) is 19.4. The molecule has 0 radical (unpaired) electrons. The molecule has 0 saturated carbocycles. The van der Waals surface area contributed by atoms with Crippen LogP contribution in [0.4, 0.5) is 68.2 Å². The van der Waals surface area contributed by atoms with Gasteiger partial charge in [0.25, 0.3) is 0 Å². The zero-order valence-electron chi connectivity index (χ0n) is 56.2. The second kappa shape index (κ2) is 26.5. The van der Waals surface area contributed by atoms with Gasteiger partial charge < -0.3 is 28.7 Å². The van der Waals surface area contributed by atoms with E-state index in [1.807, 2.05) is 26.0 Å². The van der Waals surface area contributed by atoms with Gasteiger partial charge in [-0.15, -0.1) is 0 Å². The molecule has 0 aliphatic rings. The van der Waals surface area contributed by atoms with Crippen LogP contribution in [-0.4, -0.2) is 9.13 Å². The van der Waals surface area contributed by atoms with Crippen LogP contribution in [0.1, 0.15) is 22.3 Å². The lowest BCUT2D eigenvalue weighted by Crippen LogP contribution is -2.09. The summed E-state index contributed by atoms with van der Waals surface area (Å²) in [5.74, 6) is 0. The van der Waals surface area contributed by atoms with E-state index in [9.17, 15) is 10.5 Å². The molecular weight excluding hydrogens is 1240 g/mol. The molecule has 8 nitrogen and oxygen atoms in total. The first-order chi connectivity index (χ1) is 50.3. The Kier molecular flexibility index (Phi) is 16.0. The van der Waals surface area contributed by atoms with Crippen molar-refractivity contribution in [3.05, 3.63) is 386 Å². The zero-order chi connectivity index (χ0) is 68.6. The number of rotatable bonds is 16. The smallest absolute Gasteiger partial charge is 0.0998 e. The Balaban J connectivity index is 1.01. The summed E-state index contributed by atoms with van der Waals surface area (Å²) in [6.07, 6.45) is 0. The van der Waals surface area contributed by atoms with Gasteiger partial charge in [-0.25, -0.2) is 0 Å². The number of fused-ring (bicyclic) bond motifs is 6. The molecule has 0 N–H and O–H groups in total. The molecule has 17 rings (SSSR count). The predicted molar refractivity (Wildman–Crippen MR) is 424 cm³/mol. The molecule has 102 heavy (non-hydrogen) atoms. The fourth-order valence-electron chi connectivity index (χ4n) is 14.8. The highest BCUT2D eigenvalue weighted by Gasteiger charge is 2.28. The Morgan fingerprint density at radius 2 is 0.441 bits per heavy atom. The molecule has 8 heteroatoms. The lowest BCUT2D eigenvalue weighted by Gasteiger charge is -2.26. The molecule has 0 saturated heterocycles. The van der Waals surface area contributed by atoms with Crippen molar-refractivity contribution >= 4 is 112 Å². The van der Waals surface area contributed by atoms with Crippen LogP contribution in [0.25, 0.3) is 77.2 Å². The van der Waals surface area contributed by atoms with Crippen LogP contribution < -0.4 is 19.6 Å². The van der Waals surface area contributed by atoms with Gasteiger partial charge in [0.15, 0.2) is 0 Å². The van der Waals surface area contributed by atoms with Crippen molar-refractivity contribution in [2.24, 2.45) is 0 Å². The number of nitrogens with zero attached hydrogens (tertiary/aromatic N) is 8. The molecule has 2 aromatic heterocycles. The largest absolute Gasteiger partial charge is 0.310 e. The number of para-hydroxylation sites is 8. The summed E-state index contributed by atoms with van der Waals surface area (Å²) in [6, 6.07) is 134. The maximum absolute atomic E-state index is 11.4. The molecule has 15 aromatic carbocycles. The standard InChI is InChI=1S/C94H66N8/c1-65-43-49-81(67(55-65)63-95)87-61-88(82-50-44-66(2)56-68(82)64-96)94(102-91-53-47-79(99(73-35-19-7-20-36-73)74-37-21-8-22-38-74)59-85(91)86-60-80(48-54-92(86)102)100(75-39-23-9-24-40-75)76-41-25-10-26-42-76)62-93(87)101-89-51-45-77(97(69-27-11-3-12-28-69)70-29-13-4-14-30-70)57-83(89)84-58-78(46-52-90(84)101)98(71-31-15-5-16-32-71)72-33-17-6-18-34-72/h3-62H,1-2H3. The number of hydrogen-bond acceptors (Lipinski definition) is 6. The highest BCUT2D eigenvalue weighted by molar-refractivity contribution is 6.15. The van der Waals surface area contributed by atoms with E-state index in [0.717, 1.165) is 157 Å². The first kappa shape index (κ1) is 61.7. The topological polar surface area (TPSA) is 70.4 Å². The summed E-state index contributed by atoms with van der Waals surface area (Å²) >= 11 is 0. The van der Waals surface area contributed by atoms with E-state index in [1.54, 1.807) is 0 Å². The van der Waals surface area contributed by atoms with Crippen molar-refractivity contribution in [1.82, 2.24) is 9.13 Å². The summed E-state index contributed by atoms with van der Waals surface area (Å²) < 4.78 is 4.82. The number of anilines is 12. The minimum absolute atomic E-state index is 0.534. The Morgan fingerprint density at radius 3 is 0.657 bits per heavy atom. The first-order valence-corrected chi connectivity index (χ1v) is 34.3. The van der Waals surface area contributed by atoms with E-state index in [0.29, 0.717) is 11.1 Å². The molecule has 0 spiro atoms. The van der Waals surface area contributed by atoms with Crippen LogP contribution in [0.2, 0.25) is 0 Å². The summed E-state index contributed by atoms with van der Waals surface area (Å²) in [4.78, 5) is 9.29. The molecule has 0 aliphatic heterocycles. The Morgan fingerprint density at radius 1 is 0.216 bits per heavy atom. The summed E-state index contributed by atoms with van der Waals surface area (Å²) in [6.45, 7) is 4.07. The van der Waals surface area contributed by atoms with Crippen molar-refractivity contribution in [3.63, 3.8) is 0 Å². The van der Waals surface area contributed by atoms with Gasteiger partial charge in [0.2, 0.25) is 0 Å². The lowest BCUT2D eigenvalue weighted by atomic mass is 9.90. The van der Waals surface area contributed by atoms with Crippen LogP contribution in [-0.2, 0) is 0 Å². The molecule has 0 amide bonds. The second-order valence-corrected chi connectivity index (χ2v) is 25.7. The SMILES string of the molecule is Cc1ccc(-c2cc(-c3ccc(C)cc3C#N)c(-n3c4ccc(N(c5ccccc5)c5ccccc5)cc4c4cc(N(c5ccccc5)c5ccccc5)ccc43)cc2-n2c3ccc(N(c4ccccc4)c4ccccc4)cc3c3cc(N(c4ccccc4)c4ccccc4)ccc32)c(C#N)c1. The van der Waals surface area contributed by atoms with Crippen LogP contribution in [0, 0.1) is 36.5 Å². The average molecular weight is 1310 g/mol. The monoisotopic (exact) mass is 1310 g/mol. The average Bonchev–Trinajstić information content (AvgIpc) is 1.53. The fourth-order valence-corrected chi connectivity index (χ4v) is 14.8. The molecule has 0 fully saturated rings. The Hall–Kier alpha value is -13.9. The van der Waals surface area contributed by atoms with E-state index in [1.165, 1.54) is 0 Å². The molecule has 2 heterocycles. The van der Waals surface area contributed by atoms with Crippen molar-refractivity contribution in [2.75, 3.05) is 19.6 Å². The van der Waals surface area contributed by atoms with E-state index < -0.39 is 0 Å². The van der Waals surface area contributed by atoms with Gasteiger partial charge in [-0.05, 0) is 219 Å². The maximum atomic E-state index is 11.4. The third-order valence-electron chi connectivity index (χ3n) is 19.4. The molecule has 0 aliphatic carbocycles. The van der Waals surface area contributed by atoms with E-state index in [2.05, 4.69) is 393 Å². The molecule has 17 aromatic rings. The molecule has 0 atom stereocenters. The van der Waals surface area contributed by atoms with Crippen molar-refractivity contribution in [3.8, 4) is 45.8 Å². The zero-order valence-corrected chi connectivity index (χ0v) is 56.2. The van der Waals surface area contributed by atoms with Gasteiger partial charge in [-0.1, -0.05) is 170 Å². The van der Waals surface area contributed by atoms with E-state index >= 15 is 0 Å². The number of nitriles is 2. The van der Waals surface area contributed by atoms with Crippen molar-refractivity contribution in [1.29, 1.82) is 10.5 Å². The van der Waals surface area contributed by atoms with Gasteiger partial charge >= 0.3 is 0 Å². The predicted octanol–water partition coefficient (Wildman–Crippen LogP) is 25.5. The number of benzene rings is 15. The molecule has 482 valence electrons. The Labute approximate surface area is 593 Å². The molecular formula is C94H66N8. The Bertz CT molecular complexity index is 5240. The second-order valence-electron chi connectivity index (χ2n) is 25.7. The minimum atomic E-state index is 0.534. The normalized spacial score (nSPS) is 11.2. The quantitative estimate of drug-likeness (QED) is 0.0960. The summed E-state index contributed by atoms with van der Waals surface area (Å²) in [7, 11) is 0. The van der Waals surface area contributed by atoms with Gasteiger partial charge in [-0.3, -0.25) is 0 Å². The number of hydrogen-bond donors (Lipinski definition) is 0. The van der Waals surface area contributed by atoms with Crippen molar-refractivity contribution in [2.45, 2.75) is 13.8 Å². The van der Waals surface area contributed by atoms with Gasteiger partial charge in [0.05, 0.1) is 56.7 Å². The molecule has 0 unspecified atom stereocenters. The van der Waals surface area contributed by atoms with Gasteiger partial charge in [-0.2, -0.15) is 10.5 Å². The van der Waals surface area contributed by atoms with Crippen LogP contribution in [0.3, 0.4) is 0 Å². The van der Waals surface area contributed by atoms with Crippen molar-refractivity contribution < 1.29 is 0 Å². The third kappa shape index (κ3) is 11.2. The van der Waals surface area contributed by atoms with Crippen LogP contribution >= 0.6 is 0 Å². The lowest BCUT2D eigenvalue weighted by molar-refractivity contribution is 1.13. The first-order valence-electron chi connectivity index (χ1n) is 34.3. The van der Waals surface area contributed by atoms with Crippen LogP contribution in [0.15, 0.2) is 364 Å². The van der Waals surface area contributed by atoms with Gasteiger partial charge in [0.1, 0.15) is 0 Å². The number of aromatic nitrogens is 2. The summed E-state index contributed by atoms with van der Waals surface area (Å²) in [5, 5.41) is 27.0. The van der Waals surface area contributed by atoms with Crippen LogP contribution in [0.5, 0.6) is 0 Å². The van der Waals surface area contributed by atoms with Gasteiger partial charge in [0, 0.05) is 112 Å². The molecule has 0 bridgehead atoms. The summed E-state index contributed by atoms with van der Waals surface area (Å²) in [5.41, 5.74) is 23.8. The maximum Gasteiger partial charge on any atom is 0.0998 e. The minimum Gasteiger partial charge on any atom is -0.310 e.